The van der Waals surface area contributed by atoms with Crippen LogP contribution in [-0.2, 0) is 11.2 Å². The molecular weight excluding hydrogens is 387 g/mol. The van der Waals surface area contributed by atoms with Gasteiger partial charge < -0.3 is 20.8 Å². The van der Waals surface area contributed by atoms with E-state index < -0.39 is 12.1 Å². The molecule has 0 aliphatic heterocycles. The summed E-state index contributed by atoms with van der Waals surface area (Å²) >= 11 is 12.2. The fraction of sp³-hybridized carbons (Fsp3) is 0.350. The van der Waals surface area contributed by atoms with Crippen LogP contribution in [0.2, 0.25) is 10.0 Å². The molecule has 0 saturated carbocycles. The molecule has 2 atom stereocenters. The smallest absolute Gasteiger partial charge is 0.307 e. The van der Waals surface area contributed by atoms with Gasteiger partial charge in [-0.25, -0.2) is 0 Å². The van der Waals surface area contributed by atoms with Gasteiger partial charge in [-0.3, -0.25) is 4.79 Å². The van der Waals surface area contributed by atoms with Crippen molar-refractivity contribution in [1.29, 1.82) is 0 Å². The molecule has 0 radical (unpaired) electrons. The first-order valence-corrected chi connectivity index (χ1v) is 9.43. The van der Waals surface area contributed by atoms with Gasteiger partial charge >= 0.3 is 5.97 Å². The van der Waals surface area contributed by atoms with E-state index in [1.807, 2.05) is 32.0 Å². The number of aryl methyl sites for hydroxylation is 1. The number of hydrogen-bond acceptors (Lipinski definition) is 4. The van der Waals surface area contributed by atoms with E-state index in [2.05, 4.69) is 10.6 Å². The molecule has 2 aromatic rings. The number of carbonyl (C=O) groups is 1. The Morgan fingerprint density at radius 2 is 1.93 bits per heavy atom. The zero-order valence-corrected chi connectivity index (χ0v) is 16.8. The Morgan fingerprint density at radius 1 is 1.19 bits per heavy atom. The van der Waals surface area contributed by atoms with Gasteiger partial charge in [-0.2, -0.15) is 0 Å². The second-order valence-corrected chi connectivity index (χ2v) is 7.43. The first kappa shape index (κ1) is 21.5. The van der Waals surface area contributed by atoms with Crippen LogP contribution in [-0.4, -0.2) is 35.3 Å². The molecule has 146 valence electrons. The molecule has 0 fully saturated rings. The Hall–Kier alpha value is -1.79. The first-order chi connectivity index (χ1) is 12.8. The third-order valence-electron chi connectivity index (χ3n) is 4.26. The molecular formula is C20H24Cl2N2O3. The third kappa shape index (κ3) is 6.70. The van der Waals surface area contributed by atoms with Crippen LogP contribution in [0, 0.1) is 6.92 Å². The highest BCUT2D eigenvalue weighted by molar-refractivity contribution is 6.33. The lowest BCUT2D eigenvalue weighted by Crippen LogP contribution is -2.35. The lowest BCUT2D eigenvalue weighted by Gasteiger charge is -2.19. The summed E-state index contributed by atoms with van der Waals surface area (Å²) in [4.78, 5) is 10.9. The summed E-state index contributed by atoms with van der Waals surface area (Å²) in [7, 11) is 0. The monoisotopic (exact) mass is 410 g/mol. The van der Waals surface area contributed by atoms with E-state index in [1.54, 1.807) is 18.2 Å². The Labute approximate surface area is 169 Å². The van der Waals surface area contributed by atoms with Crippen molar-refractivity contribution in [3.05, 3.63) is 63.1 Å². The highest BCUT2D eigenvalue weighted by Gasteiger charge is 2.12. The molecule has 0 heterocycles. The summed E-state index contributed by atoms with van der Waals surface area (Å²) in [5.41, 5.74) is 3.10. The maximum atomic E-state index is 10.9. The average molecular weight is 411 g/mol. The molecule has 4 N–H and O–H groups in total. The van der Waals surface area contributed by atoms with Gasteiger partial charge in [0.25, 0.3) is 0 Å². The largest absolute Gasteiger partial charge is 0.481 e. The number of carboxylic acids is 1. The van der Waals surface area contributed by atoms with Crippen molar-refractivity contribution in [2.75, 3.05) is 18.4 Å². The van der Waals surface area contributed by atoms with E-state index in [0.717, 1.165) is 16.8 Å². The molecule has 0 saturated heterocycles. The van der Waals surface area contributed by atoms with Crippen molar-refractivity contribution in [2.45, 2.75) is 32.4 Å². The van der Waals surface area contributed by atoms with Crippen LogP contribution < -0.4 is 10.6 Å². The highest BCUT2D eigenvalue weighted by atomic mass is 35.5. The number of nitrogens with one attached hydrogen (secondary N) is 2. The molecule has 0 amide bonds. The second-order valence-electron chi connectivity index (χ2n) is 6.59. The molecule has 0 spiro atoms. The highest BCUT2D eigenvalue weighted by Crippen LogP contribution is 2.26. The van der Waals surface area contributed by atoms with E-state index in [1.165, 1.54) is 0 Å². The van der Waals surface area contributed by atoms with Gasteiger partial charge in [-0.15, -0.1) is 0 Å². The number of aliphatic carboxylic acids is 1. The van der Waals surface area contributed by atoms with Crippen LogP contribution in [0.4, 0.5) is 5.69 Å². The topological polar surface area (TPSA) is 81.6 Å². The fourth-order valence-corrected chi connectivity index (χ4v) is 3.14. The van der Waals surface area contributed by atoms with Gasteiger partial charge in [0.05, 0.1) is 23.2 Å². The minimum absolute atomic E-state index is 0.0504. The van der Waals surface area contributed by atoms with E-state index in [-0.39, 0.29) is 12.5 Å². The molecule has 0 aliphatic carbocycles. The maximum absolute atomic E-state index is 10.9. The maximum Gasteiger partial charge on any atom is 0.307 e. The molecule has 27 heavy (non-hydrogen) atoms. The van der Waals surface area contributed by atoms with Gasteiger partial charge in [-0.1, -0.05) is 35.3 Å². The second kappa shape index (κ2) is 9.95. The van der Waals surface area contributed by atoms with Gasteiger partial charge in [0, 0.05) is 24.2 Å². The van der Waals surface area contributed by atoms with Crippen molar-refractivity contribution >= 4 is 34.9 Å². The fourth-order valence-electron chi connectivity index (χ4n) is 2.69. The van der Waals surface area contributed by atoms with Crippen LogP contribution >= 0.6 is 23.2 Å². The molecule has 0 aliphatic rings. The van der Waals surface area contributed by atoms with Crippen molar-refractivity contribution in [1.82, 2.24) is 5.32 Å². The van der Waals surface area contributed by atoms with Gasteiger partial charge in [0.15, 0.2) is 0 Å². The summed E-state index contributed by atoms with van der Waals surface area (Å²) in [6, 6.07) is 10.8. The number of rotatable bonds is 9. The predicted octanol–water partition coefficient (Wildman–Crippen LogP) is 4.05. The molecule has 2 unspecified atom stereocenters. The van der Waals surface area contributed by atoms with Gasteiger partial charge in [0.2, 0.25) is 0 Å². The number of benzene rings is 2. The van der Waals surface area contributed by atoms with Gasteiger partial charge in [0.1, 0.15) is 0 Å². The van der Waals surface area contributed by atoms with Gasteiger partial charge in [-0.05, 0) is 54.8 Å². The van der Waals surface area contributed by atoms with Crippen LogP contribution in [0.5, 0.6) is 0 Å². The number of aliphatic hydroxyl groups excluding tert-OH is 1. The molecule has 2 aromatic carbocycles. The minimum atomic E-state index is -0.883. The van der Waals surface area contributed by atoms with E-state index >= 15 is 0 Å². The zero-order valence-electron chi connectivity index (χ0n) is 15.3. The van der Waals surface area contributed by atoms with Crippen molar-refractivity contribution in [3.63, 3.8) is 0 Å². The molecule has 7 heteroatoms. The van der Waals surface area contributed by atoms with E-state index in [4.69, 9.17) is 28.3 Å². The quantitative estimate of drug-likeness (QED) is 0.501. The van der Waals surface area contributed by atoms with E-state index in [9.17, 15) is 9.90 Å². The Balaban J connectivity index is 1.87. The third-order valence-corrected chi connectivity index (χ3v) is 4.81. The summed E-state index contributed by atoms with van der Waals surface area (Å²) in [6.45, 7) is 4.85. The summed E-state index contributed by atoms with van der Waals surface area (Å²) in [5, 5.41) is 26.8. The Morgan fingerprint density at radius 3 is 2.59 bits per heavy atom. The Bertz CT molecular complexity index is 799. The number of aliphatic hydroxyl groups is 1. The lowest BCUT2D eigenvalue weighted by atomic mass is 10.0. The number of halogens is 2. The van der Waals surface area contributed by atoms with Crippen LogP contribution in [0.1, 0.15) is 29.7 Å². The predicted molar refractivity (Wildman–Crippen MR) is 110 cm³/mol. The number of anilines is 1. The molecule has 5 nitrogen and oxygen atoms in total. The number of carboxylic acid groups (broad SMARTS) is 1. The van der Waals surface area contributed by atoms with Crippen LogP contribution in [0.3, 0.4) is 0 Å². The Kier molecular flexibility index (Phi) is 7.92. The zero-order chi connectivity index (χ0) is 20.0. The first-order valence-electron chi connectivity index (χ1n) is 8.68. The molecule has 0 aromatic heterocycles. The molecule has 0 bridgehead atoms. The molecule has 2 rings (SSSR count). The van der Waals surface area contributed by atoms with Crippen molar-refractivity contribution < 1.29 is 15.0 Å². The standard InChI is InChI=1S/C20H24Cl2N2O3/c1-12-6-18(17(22)8-15(12)9-20(26)27)24-10-13(2)23-11-19(25)14-4-3-5-16(21)7-14/h3-8,13,19,23-25H,9-11H2,1-2H3,(H,26,27). The summed E-state index contributed by atoms with van der Waals surface area (Å²) in [6.07, 6.45) is -0.696. The van der Waals surface area contributed by atoms with Crippen molar-refractivity contribution in [3.8, 4) is 0 Å². The summed E-state index contributed by atoms with van der Waals surface area (Å²) in [5.74, 6) is -0.883. The SMILES string of the molecule is Cc1cc(NCC(C)NCC(O)c2cccc(Cl)c2)c(Cl)cc1CC(=O)O. The summed E-state index contributed by atoms with van der Waals surface area (Å²) < 4.78 is 0. The normalized spacial score (nSPS) is 13.2. The van der Waals surface area contributed by atoms with Crippen molar-refractivity contribution in [2.24, 2.45) is 0 Å². The lowest BCUT2D eigenvalue weighted by molar-refractivity contribution is -0.136. The van der Waals surface area contributed by atoms with Crippen LogP contribution in [0.15, 0.2) is 36.4 Å². The number of hydrogen-bond donors (Lipinski definition) is 4. The average Bonchev–Trinajstić information content (AvgIpc) is 2.60. The van der Waals surface area contributed by atoms with E-state index in [0.29, 0.717) is 28.7 Å². The van der Waals surface area contributed by atoms with Crippen LogP contribution in [0.25, 0.3) is 0 Å². The minimum Gasteiger partial charge on any atom is -0.481 e.